The lowest BCUT2D eigenvalue weighted by atomic mass is 9.89. The van der Waals surface area contributed by atoms with Crippen LogP contribution in [-0.2, 0) is 0 Å². The monoisotopic (exact) mass is 367 g/mol. The first-order chi connectivity index (χ1) is 12.6. The first-order valence-electron chi connectivity index (χ1n) is 11.2. The number of hydrogen-bond acceptors (Lipinski definition) is 3. The molecule has 0 amide bonds. The number of rotatable bonds is 10. The maximum absolute atomic E-state index is 10.4. The zero-order valence-electron chi connectivity index (χ0n) is 17.8. The summed E-state index contributed by atoms with van der Waals surface area (Å²) in [7, 11) is 3.75. The zero-order valence-corrected chi connectivity index (χ0v) is 17.8. The van der Waals surface area contributed by atoms with Crippen LogP contribution >= 0.6 is 0 Å². The van der Waals surface area contributed by atoms with Gasteiger partial charge in [-0.1, -0.05) is 70.9 Å². The van der Waals surface area contributed by atoms with Gasteiger partial charge in [-0.25, -0.2) is 0 Å². The molecule has 0 radical (unpaired) electrons. The van der Waals surface area contributed by atoms with Crippen molar-refractivity contribution in [3.05, 3.63) is 12.2 Å². The summed E-state index contributed by atoms with van der Waals surface area (Å²) in [6, 6.07) is 0. The molecule has 0 aromatic heterocycles. The van der Waals surface area contributed by atoms with E-state index in [1.54, 1.807) is 0 Å². The van der Waals surface area contributed by atoms with E-state index in [0.717, 1.165) is 31.1 Å². The van der Waals surface area contributed by atoms with E-state index in [2.05, 4.69) is 25.2 Å². The Balaban J connectivity index is 0.00000105. The van der Waals surface area contributed by atoms with Gasteiger partial charge in [-0.3, -0.25) is 0 Å². The molecule has 0 saturated heterocycles. The predicted molar refractivity (Wildman–Crippen MR) is 112 cm³/mol. The molecule has 2 rings (SSSR count). The van der Waals surface area contributed by atoms with E-state index in [0.29, 0.717) is 5.92 Å². The molecule has 6 atom stereocenters. The van der Waals surface area contributed by atoms with Crippen molar-refractivity contribution < 1.29 is 10.2 Å². The molecule has 0 bridgehead atoms. The maximum Gasteiger partial charge on any atom is 0.0721 e. The first kappa shape index (κ1) is 23.7. The van der Waals surface area contributed by atoms with Gasteiger partial charge in [-0.2, -0.15) is 0 Å². The Hall–Kier alpha value is -0.380. The molecule has 3 N–H and O–H groups in total. The lowest BCUT2D eigenvalue weighted by Crippen LogP contribution is -2.18. The molecular formula is C23H45NO2. The predicted octanol–water partition coefficient (Wildman–Crippen LogP) is 4.92. The van der Waals surface area contributed by atoms with Crippen LogP contribution in [0.2, 0.25) is 0 Å². The smallest absolute Gasteiger partial charge is 0.0721 e. The zero-order chi connectivity index (χ0) is 19.4. The highest BCUT2D eigenvalue weighted by molar-refractivity contribution is 5.06. The SMILES string of the molecule is CCCCC[C@@H]1C[C@H]2C[C@@H](O)[C@H](C=C[C@@H](O)CCCCC)[C@H]2C1.CNC. The molecule has 3 nitrogen and oxygen atoms in total. The number of aliphatic hydroxyl groups is 2. The van der Waals surface area contributed by atoms with E-state index in [-0.39, 0.29) is 18.1 Å². The summed E-state index contributed by atoms with van der Waals surface area (Å²) in [6.45, 7) is 4.46. The molecule has 0 aliphatic heterocycles. The van der Waals surface area contributed by atoms with Crippen LogP contribution in [0.15, 0.2) is 12.2 Å². The lowest BCUT2D eigenvalue weighted by molar-refractivity contribution is 0.133. The fourth-order valence-corrected chi connectivity index (χ4v) is 4.92. The number of aliphatic hydroxyl groups excluding tert-OH is 2. The fraction of sp³-hybridized carbons (Fsp3) is 0.913. The Bertz CT molecular complexity index is 371. The summed E-state index contributed by atoms with van der Waals surface area (Å²) in [5.74, 6) is 2.56. The minimum Gasteiger partial charge on any atom is -0.392 e. The maximum atomic E-state index is 10.4. The van der Waals surface area contributed by atoms with Crippen LogP contribution in [0.1, 0.15) is 84.5 Å². The van der Waals surface area contributed by atoms with E-state index in [9.17, 15) is 10.2 Å². The van der Waals surface area contributed by atoms with E-state index in [4.69, 9.17) is 0 Å². The Morgan fingerprint density at radius 2 is 1.65 bits per heavy atom. The van der Waals surface area contributed by atoms with E-state index in [1.807, 2.05) is 20.2 Å². The number of hydrogen-bond donors (Lipinski definition) is 3. The van der Waals surface area contributed by atoms with Crippen molar-refractivity contribution in [2.75, 3.05) is 14.1 Å². The highest BCUT2D eigenvalue weighted by atomic mass is 16.3. The fourth-order valence-electron chi connectivity index (χ4n) is 4.92. The summed E-state index contributed by atoms with van der Waals surface area (Å²) in [6.07, 6.45) is 17.0. The van der Waals surface area contributed by atoms with Crippen molar-refractivity contribution in [3.63, 3.8) is 0 Å². The van der Waals surface area contributed by atoms with Gasteiger partial charge in [0.15, 0.2) is 0 Å². The molecule has 2 fully saturated rings. The van der Waals surface area contributed by atoms with Gasteiger partial charge in [0, 0.05) is 5.92 Å². The second-order valence-corrected chi connectivity index (χ2v) is 8.59. The largest absolute Gasteiger partial charge is 0.392 e. The minimum absolute atomic E-state index is 0.180. The van der Waals surface area contributed by atoms with Crippen molar-refractivity contribution in [1.82, 2.24) is 5.32 Å². The Labute approximate surface area is 162 Å². The van der Waals surface area contributed by atoms with Gasteiger partial charge in [-0.15, -0.1) is 0 Å². The summed E-state index contributed by atoms with van der Waals surface area (Å²) < 4.78 is 0. The summed E-state index contributed by atoms with van der Waals surface area (Å²) in [5.41, 5.74) is 0. The topological polar surface area (TPSA) is 52.5 Å². The van der Waals surface area contributed by atoms with Gasteiger partial charge < -0.3 is 15.5 Å². The first-order valence-corrected chi connectivity index (χ1v) is 11.2. The normalized spacial score (nSPS) is 31.7. The van der Waals surface area contributed by atoms with Crippen LogP contribution in [0.4, 0.5) is 0 Å². The van der Waals surface area contributed by atoms with Crippen molar-refractivity contribution in [3.8, 4) is 0 Å². The summed E-state index contributed by atoms with van der Waals surface area (Å²) >= 11 is 0. The van der Waals surface area contributed by atoms with Crippen LogP contribution in [0, 0.1) is 23.7 Å². The van der Waals surface area contributed by atoms with Crippen molar-refractivity contribution in [2.24, 2.45) is 23.7 Å². The molecule has 0 heterocycles. The van der Waals surface area contributed by atoms with Gasteiger partial charge in [0.1, 0.15) is 0 Å². The van der Waals surface area contributed by atoms with Gasteiger partial charge in [-0.05, 0) is 57.5 Å². The lowest BCUT2D eigenvalue weighted by Gasteiger charge is -2.19. The molecular weight excluding hydrogens is 322 g/mol. The number of unbranched alkanes of at least 4 members (excludes halogenated alkanes) is 4. The third-order valence-electron chi connectivity index (χ3n) is 6.20. The standard InChI is InChI=1S/C21H38O2.C2H7N/c1-3-5-7-9-16-13-17-15-21(23)19(20(17)14-16)12-11-18(22)10-8-6-4-2;1-3-2/h11-12,16-23H,3-10,13-15H2,1-2H3;3H,1-2H3/t16-,17+,18+,19-,20+,21-;/m1./s1. The summed E-state index contributed by atoms with van der Waals surface area (Å²) in [5, 5.41) is 23.2. The molecule has 0 aromatic carbocycles. The van der Waals surface area contributed by atoms with Gasteiger partial charge in [0.25, 0.3) is 0 Å². The Morgan fingerprint density at radius 3 is 2.31 bits per heavy atom. The van der Waals surface area contributed by atoms with Gasteiger partial charge in [0.2, 0.25) is 0 Å². The highest BCUT2D eigenvalue weighted by Crippen LogP contribution is 2.51. The molecule has 2 aliphatic rings. The van der Waals surface area contributed by atoms with Gasteiger partial charge in [0.05, 0.1) is 12.2 Å². The third-order valence-corrected chi connectivity index (χ3v) is 6.20. The molecule has 3 heteroatoms. The molecule has 0 spiro atoms. The second kappa shape index (κ2) is 13.7. The van der Waals surface area contributed by atoms with E-state index < -0.39 is 0 Å². The molecule has 0 unspecified atom stereocenters. The molecule has 26 heavy (non-hydrogen) atoms. The van der Waals surface area contributed by atoms with Gasteiger partial charge >= 0.3 is 0 Å². The van der Waals surface area contributed by atoms with Crippen LogP contribution in [0.5, 0.6) is 0 Å². The molecule has 154 valence electrons. The molecule has 2 aliphatic carbocycles. The van der Waals surface area contributed by atoms with Crippen LogP contribution in [0.3, 0.4) is 0 Å². The number of fused-ring (bicyclic) bond motifs is 1. The average molecular weight is 368 g/mol. The molecule has 0 aromatic rings. The highest BCUT2D eigenvalue weighted by Gasteiger charge is 2.46. The summed E-state index contributed by atoms with van der Waals surface area (Å²) in [4.78, 5) is 0. The average Bonchev–Trinajstić information content (AvgIpc) is 3.11. The van der Waals surface area contributed by atoms with Crippen molar-refractivity contribution in [1.29, 1.82) is 0 Å². The Morgan fingerprint density at radius 1 is 1.00 bits per heavy atom. The van der Waals surface area contributed by atoms with Crippen LogP contribution < -0.4 is 5.32 Å². The van der Waals surface area contributed by atoms with Crippen molar-refractivity contribution in [2.45, 2.75) is 96.7 Å². The minimum atomic E-state index is -0.324. The second-order valence-electron chi connectivity index (χ2n) is 8.59. The van der Waals surface area contributed by atoms with Crippen molar-refractivity contribution >= 4 is 0 Å². The number of nitrogens with one attached hydrogen (secondary N) is 1. The Kier molecular flexibility index (Phi) is 12.5. The van der Waals surface area contributed by atoms with Crippen LogP contribution in [-0.4, -0.2) is 36.5 Å². The third kappa shape index (κ3) is 8.10. The van der Waals surface area contributed by atoms with E-state index >= 15 is 0 Å². The molecule has 2 saturated carbocycles. The quantitative estimate of drug-likeness (QED) is 0.379. The van der Waals surface area contributed by atoms with Crippen LogP contribution in [0.25, 0.3) is 0 Å². The van der Waals surface area contributed by atoms with E-state index in [1.165, 1.54) is 51.4 Å².